The predicted octanol–water partition coefficient (Wildman–Crippen LogP) is 1.28. The SMILES string of the molecule is CC(C)COCCNC(=O)[C@@H]1CCC[C@@H]1C(=O)O. The van der Waals surface area contributed by atoms with E-state index in [4.69, 9.17) is 9.84 Å². The lowest BCUT2D eigenvalue weighted by molar-refractivity contribution is -0.146. The summed E-state index contributed by atoms with van der Waals surface area (Å²) in [6.07, 6.45) is 2.10. The molecule has 1 amide bonds. The van der Waals surface area contributed by atoms with Gasteiger partial charge in [0.1, 0.15) is 0 Å². The molecule has 0 aromatic rings. The van der Waals surface area contributed by atoms with Crippen LogP contribution in [0.25, 0.3) is 0 Å². The van der Waals surface area contributed by atoms with Crippen LogP contribution in [0.3, 0.4) is 0 Å². The van der Waals surface area contributed by atoms with Crippen LogP contribution in [0.4, 0.5) is 0 Å². The Morgan fingerprint density at radius 1 is 1.33 bits per heavy atom. The Morgan fingerprint density at radius 3 is 2.61 bits per heavy atom. The van der Waals surface area contributed by atoms with Crippen LogP contribution in [0.2, 0.25) is 0 Å². The molecular weight excluding hydrogens is 234 g/mol. The van der Waals surface area contributed by atoms with E-state index < -0.39 is 11.9 Å². The fraction of sp³-hybridized carbons (Fsp3) is 0.846. The summed E-state index contributed by atoms with van der Waals surface area (Å²) >= 11 is 0. The molecule has 0 aromatic heterocycles. The van der Waals surface area contributed by atoms with Crippen LogP contribution in [-0.4, -0.2) is 36.7 Å². The second kappa shape index (κ2) is 7.36. The zero-order valence-corrected chi connectivity index (χ0v) is 11.1. The highest BCUT2D eigenvalue weighted by Crippen LogP contribution is 2.31. The lowest BCUT2D eigenvalue weighted by Crippen LogP contribution is -2.37. The summed E-state index contributed by atoms with van der Waals surface area (Å²) in [4.78, 5) is 22.8. The molecule has 1 rings (SSSR count). The molecule has 0 spiro atoms. The van der Waals surface area contributed by atoms with Crippen LogP contribution in [0.5, 0.6) is 0 Å². The van der Waals surface area contributed by atoms with Gasteiger partial charge in [0.15, 0.2) is 0 Å². The second-order valence-electron chi connectivity index (χ2n) is 5.24. The van der Waals surface area contributed by atoms with Crippen molar-refractivity contribution in [3.8, 4) is 0 Å². The molecule has 5 heteroatoms. The topological polar surface area (TPSA) is 75.6 Å². The molecule has 0 saturated heterocycles. The van der Waals surface area contributed by atoms with E-state index in [-0.39, 0.29) is 11.8 Å². The molecule has 0 aromatic carbocycles. The molecule has 0 heterocycles. The minimum Gasteiger partial charge on any atom is -0.481 e. The first-order valence-corrected chi connectivity index (χ1v) is 6.60. The quantitative estimate of drug-likeness (QED) is 0.674. The van der Waals surface area contributed by atoms with Gasteiger partial charge >= 0.3 is 5.97 Å². The first-order valence-electron chi connectivity index (χ1n) is 6.60. The molecule has 5 nitrogen and oxygen atoms in total. The van der Waals surface area contributed by atoms with Crippen molar-refractivity contribution in [2.45, 2.75) is 33.1 Å². The minimum absolute atomic E-state index is 0.145. The number of nitrogens with one attached hydrogen (secondary N) is 1. The van der Waals surface area contributed by atoms with Gasteiger partial charge in [-0.3, -0.25) is 9.59 Å². The summed E-state index contributed by atoms with van der Waals surface area (Å²) < 4.78 is 5.35. The largest absolute Gasteiger partial charge is 0.481 e. The third kappa shape index (κ3) is 4.64. The highest BCUT2D eigenvalue weighted by atomic mass is 16.5. The van der Waals surface area contributed by atoms with Crippen LogP contribution < -0.4 is 5.32 Å². The van der Waals surface area contributed by atoms with Crippen molar-refractivity contribution in [1.29, 1.82) is 0 Å². The molecule has 18 heavy (non-hydrogen) atoms. The van der Waals surface area contributed by atoms with E-state index in [9.17, 15) is 9.59 Å². The van der Waals surface area contributed by atoms with Crippen molar-refractivity contribution >= 4 is 11.9 Å². The highest BCUT2D eigenvalue weighted by molar-refractivity contribution is 5.85. The first-order chi connectivity index (χ1) is 8.52. The van der Waals surface area contributed by atoms with E-state index in [1.54, 1.807) is 0 Å². The first kappa shape index (κ1) is 15.0. The monoisotopic (exact) mass is 257 g/mol. The summed E-state index contributed by atoms with van der Waals surface area (Å²) in [6, 6.07) is 0. The normalized spacial score (nSPS) is 23.3. The highest BCUT2D eigenvalue weighted by Gasteiger charge is 2.37. The maximum atomic E-state index is 11.8. The number of carbonyl (C=O) groups is 2. The smallest absolute Gasteiger partial charge is 0.307 e. The van der Waals surface area contributed by atoms with Gasteiger partial charge in [0.05, 0.1) is 18.4 Å². The third-order valence-corrected chi connectivity index (χ3v) is 3.17. The van der Waals surface area contributed by atoms with E-state index in [2.05, 4.69) is 19.2 Å². The molecule has 104 valence electrons. The zero-order valence-electron chi connectivity index (χ0n) is 11.1. The predicted molar refractivity (Wildman–Crippen MR) is 67.1 cm³/mol. The minimum atomic E-state index is -0.858. The van der Waals surface area contributed by atoms with Gasteiger partial charge in [-0.2, -0.15) is 0 Å². The number of carbonyl (C=O) groups excluding carboxylic acids is 1. The molecule has 1 aliphatic carbocycles. The molecule has 1 aliphatic rings. The fourth-order valence-electron chi connectivity index (χ4n) is 2.27. The molecule has 0 aliphatic heterocycles. The number of rotatable bonds is 7. The maximum absolute atomic E-state index is 11.8. The Bertz CT molecular complexity index is 291. The van der Waals surface area contributed by atoms with E-state index in [0.29, 0.717) is 38.5 Å². The molecule has 0 radical (unpaired) electrons. The molecule has 1 fully saturated rings. The summed E-state index contributed by atoms with van der Waals surface area (Å²) in [5.41, 5.74) is 0. The van der Waals surface area contributed by atoms with Crippen LogP contribution in [-0.2, 0) is 14.3 Å². The average Bonchev–Trinajstić information content (AvgIpc) is 2.76. The number of amides is 1. The Hall–Kier alpha value is -1.10. The van der Waals surface area contributed by atoms with Crippen LogP contribution >= 0.6 is 0 Å². The zero-order chi connectivity index (χ0) is 13.5. The molecule has 2 N–H and O–H groups in total. The number of hydrogen-bond donors (Lipinski definition) is 2. The number of ether oxygens (including phenoxy) is 1. The van der Waals surface area contributed by atoms with Crippen LogP contribution in [0, 0.1) is 17.8 Å². The van der Waals surface area contributed by atoms with Gasteiger partial charge in [-0.1, -0.05) is 20.3 Å². The Morgan fingerprint density at radius 2 is 2.00 bits per heavy atom. The third-order valence-electron chi connectivity index (χ3n) is 3.17. The average molecular weight is 257 g/mol. The van der Waals surface area contributed by atoms with Crippen molar-refractivity contribution in [2.24, 2.45) is 17.8 Å². The van der Waals surface area contributed by atoms with Gasteiger partial charge < -0.3 is 15.2 Å². The maximum Gasteiger partial charge on any atom is 0.307 e. The van der Waals surface area contributed by atoms with Crippen molar-refractivity contribution in [1.82, 2.24) is 5.32 Å². The van der Waals surface area contributed by atoms with Crippen molar-refractivity contribution in [3.63, 3.8) is 0 Å². The lowest BCUT2D eigenvalue weighted by atomic mass is 9.95. The summed E-state index contributed by atoms with van der Waals surface area (Å²) in [7, 11) is 0. The van der Waals surface area contributed by atoms with E-state index in [1.165, 1.54) is 0 Å². The van der Waals surface area contributed by atoms with Gasteiger partial charge in [0.2, 0.25) is 5.91 Å². The number of hydrogen-bond acceptors (Lipinski definition) is 3. The van der Waals surface area contributed by atoms with Crippen LogP contribution in [0.1, 0.15) is 33.1 Å². The Kier molecular flexibility index (Phi) is 6.12. The standard InChI is InChI=1S/C13H23NO4/c1-9(2)8-18-7-6-14-12(15)10-4-3-5-11(10)13(16)17/h9-11H,3-8H2,1-2H3,(H,14,15)(H,16,17)/t10-,11+/m1/s1. The van der Waals surface area contributed by atoms with Gasteiger partial charge in [0.25, 0.3) is 0 Å². The molecule has 0 bridgehead atoms. The van der Waals surface area contributed by atoms with Crippen molar-refractivity contribution < 1.29 is 19.4 Å². The van der Waals surface area contributed by atoms with E-state index >= 15 is 0 Å². The Balaban J connectivity index is 2.22. The summed E-state index contributed by atoms with van der Waals surface area (Å²) in [6.45, 7) is 5.74. The molecule has 0 unspecified atom stereocenters. The molecular formula is C13H23NO4. The van der Waals surface area contributed by atoms with Crippen LogP contribution in [0.15, 0.2) is 0 Å². The lowest BCUT2D eigenvalue weighted by Gasteiger charge is -2.15. The van der Waals surface area contributed by atoms with Gasteiger partial charge in [-0.25, -0.2) is 0 Å². The molecule has 1 saturated carbocycles. The molecule has 2 atom stereocenters. The Labute approximate surface area is 108 Å². The van der Waals surface area contributed by atoms with E-state index in [0.717, 1.165) is 6.42 Å². The number of carboxylic acids is 1. The number of carboxylic acid groups (broad SMARTS) is 1. The van der Waals surface area contributed by atoms with Gasteiger partial charge in [-0.05, 0) is 18.8 Å². The summed E-state index contributed by atoms with van der Waals surface area (Å²) in [5.74, 6) is -1.40. The van der Waals surface area contributed by atoms with Crippen molar-refractivity contribution in [2.75, 3.05) is 19.8 Å². The van der Waals surface area contributed by atoms with Gasteiger partial charge in [0, 0.05) is 13.2 Å². The second-order valence-corrected chi connectivity index (χ2v) is 5.24. The fourth-order valence-corrected chi connectivity index (χ4v) is 2.27. The summed E-state index contributed by atoms with van der Waals surface area (Å²) in [5, 5.41) is 11.8. The number of aliphatic carboxylic acids is 1. The van der Waals surface area contributed by atoms with E-state index in [1.807, 2.05) is 0 Å². The van der Waals surface area contributed by atoms with Crippen molar-refractivity contribution in [3.05, 3.63) is 0 Å². The van der Waals surface area contributed by atoms with Gasteiger partial charge in [-0.15, -0.1) is 0 Å².